The number of nitrogens with two attached hydrogens (primary N) is 1. The van der Waals surface area contributed by atoms with Crippen LogP contribution in [0.4, 0.5) is 0 Å². The van der Waals surface area contributed by atoms with Crippen molar-refractivity contribution in [3.63, 3.8) is 0 Å². The zero-order chi connectivity index (χ0) is 11.7. The summed E-state index contributed by atoms with van der Waals surface area (Å²) < 4.78 is 5.85. The number of benzene rings is 1. The van der Waals surface area contributed by atoms with Gasteiger partial charge in [0.05, 0.1) is 6.61 Å². The van der Waals surface area contributed by atoms with Crippen LogP contribution in [0, 0.1) is 0 Å². The summed E-state index contributed by atoms with van der Waals surface area (Å²) >= 11 is 2.02. The van der Waals surface area contributed by atoms with Crippen molar-refractivity contribution in [2.24, 2.45) is 5.73 Å². The van der Waals surface area contributed by atoms with Gasteiger partial charge in [-0.2, -0.15) is 11.8 Å². The van der Waals surface area contributed by atoms with Gasteiger partial charge in [0.1, 0.15) is 5.75 Å². The van der Waals surface area contributed by atoms with Crippen molar-refractivity contribution in [2.45, 2.75) is 37.0 Å². The van der Waals surface area contributed by atoms with Crippen molar-refractivity contribution in [3.05, 3.63) is 29.3 Å². The summed E-state index contributed by atoms with van der Waals surface area (Å²) in [6.45, 7) is 0.842. The molecule has 0 radical (unpaired) electrons. The lowest BCUT2D eigenvalue weighted by atomic mass is 9.95. The standard InChI is InChI=1S/C14H19NOS/c15-13(12-7-3-9-17-12)11-6-1-4-10-5-2-8-16-14(10)11/h1,4,6,12-13H,2-3,5,7-9,15H2. The molecule has 2 atom stereocenters. The molecule has 1 aromatic rings. The van der Waals surface area contributed by atoms with Crippen LogP contribution >= 0.6 is 11.8 Å². The molecule has 0 aromatic heterocycles. The van der Waals surface area contributed by atoms with Gasteiger partial charge in [0.25, 0.3) is 0 Å². The van der Waals surface area contributed by atoms with E-state index in [0.717, 1.165) is 25.2 Å². The van der Waals surface area contributed by atoms with Crippen LogP contribution in [0.3, 0.4) is 0 Å². The van der Waals surface area contributed by atoms with Crippen LogP contribution in [0.5, 0.6) is 5.75 Å². The third-order valence-electron chi connectivity index (χ3n) is 3.69. The Morgan fingerprint density at radius 3 is 3.12 bits per heavy atom. The second-order valence-corrected chi connectivity index (χ2v) is 6.21. The highest BCUT2D eigenvalue weighted by Crippen LogP contribution is 2.39. The highest BCUT2D eigenvalue weighted by Gasteiger charge is 2.27. The number of thioether (sulfide) groups is 1. The van der Waals surface area contributed by atoms with Gasteiger partial charge in [-0.05, 0) is 37.0 Å². The van der Waals surface area contributed by atoms with Gasteiger partial charge in [-0.3, -0.25) is 0 Å². The summed E-state index contributed by atoms with van der Waals surface area (Å²) in [6, 6.07) is 6.58. The molecular weight excluding hydrogens is 230 g/mol. The molecule has 0 amide bonds. The molecule has 3 rings (SSSR count). The maximum atomic E-state index is 6.42. The van der Waals surface area contributed by atoms with E-state index < -0.39 is 0 Å². The average Bonchev–Trinajstić information content (AvgIpc) is 2.91. The monoisotopic (exact) mass is 249 g/mol. The fourth-order valence-electron chi connectivity index (χ4n) is 2.76. The Bertz CT molecular complexity index is 401. The number of ether oxygens (including phenoxy) is 1. The van der Waals surface area contributed by atoms with Gasteiger partial charge in [0.2, 0.25) is 0 Å². The predicted molar refractivity (Wildman–Crippen MR) is 72.7 cm³/mol. The molecular formula is C14H19NOS. The van der Waals surface area contributed by atoms with Crippen LogP contribution in [-0.2, 0) is 6.42 Å². The second kappa shape index (κ2) is 4.91. The molecule has 2 unspecified atom stereocenters. The van der Waals surface area contributed by atoms with E-state index >= 15 is 0 Å². The predicted octanol–water partition coefficient (Wildman–Crippen LogP) is 2.91. The number of rotatable bonds is 2. The van der Waals surface area contributed by atoms with Gasteiger partial charge in [-0.15, -0.1) is 0 Å². The second-order valence-electron chi connectivity index (χ2n) is 4.86. The lowest BCUT2D eigenvalue weighted by Gasteiger charge is -2.25. The summed E-state index contributed by atoms with van der Waals surface area (Å²) in [5.41, 5.74) is 8.99. The molecule has 2 N–H and O–H groups in total. The first kappa shape index (κ1) is 11.4. The van der Waals surface area contributed by atoms with Crippen LogP contribution < -0.4 is 10.5 Å². The number of fused-ring (bicyclic) bond motifs is 1. The molecule has 2 nitrogen and oxygen atoms in total. The molecule has 1 fully saturated rings. The maximum Gasteiger partial charge on any atom is 0.127 e. The van der Waals surface area contributed by atoms with Gasteiger partial charge < -0.3 is 10.5 Å². The van der Waals surface area contributed by atoms with E-state index in [1.807, 2.05) is 11.8 Å². The molecule has 92 valence electrons. The van der Waals surface area contributed by atoms with Crippen LogP contribution in [0.2, 0.25) is 0 Å². The first-order valence-electron chi connectivity index (χ1n) is 6.48. The minimum Gasteiger partial charge on any atom is -0.493 e. The number of aryl methyl sites for hydroxylation is 1. The molecule has 17 heavy (non-hydrogen) atoms. The minimum absolute atomic E-state index is 0.135. The van der Waals surface area contributed by atoms with Gasteiger partial charge in [-0.1, -0.05) is 18.2 Å². The van der Waals surface area contributed by atoms with Crippen LogP contribution in [0.25, 0.3) is 0 Å². The average molecular weight is 249 g/mol. The van der Waals surface area contributed by atoms with Crippen LogP contribution in [0.15, 0.2) is 18.2 Å². The van der Waals surface area contributed by atoms with Gasteiger partial charge in [0.15, 0.2) is 0 Å². The van der Waals surface area contributed by atoms with Crippen LogP contribution in [-0.4, -0.2) is 17.6 Å². The van der Waals surface area contributed by atoms with Crippen molar-refractivity contribution in [2.75, 3.05) is 12.4 Å². The van der Waals surface area contributed by atoms with E-state index in [0.29, 0.717) is 5.25 Å². The third kappa shape index (κ3) is 2.18. The number of para-hydroxylation sites is 1. The van der Waals surface area contributed by atoms with Gasteiger partial charge in [-0.25, -0.2) is 0 Å². The fourth-order valence-corrected chi connectivity index (χ4v) is 4.09. The Labute approximate surface area is 107 Å². The molecule has 2 aliphatic rings. The molecule has 1 aromatic carbocycles. The lowest BCUT2D eigenvalue weighted by Crippen LogP contribution is -2.23. The Kier molecular flexibility index (Phi) is 3.30. The molecule has 1 saturated heterocycles. The quantitative estimate of drug-likeness (QED) is 0.875. The van der Waals surface area contributed by atoms with Crippen LogP contribution in [0.1, 0.15) is 36.4 Å². The molecule has 0 spiro atoms. The van der Waals surface area contributed by atoms with E-state index in [4.69, 9.17) is 10.5 Å². The summed E-state index contributed by atoms with van der Waals surface area (Å²) in [5.74, 6) is 2.34. The SMILES string of the molecule is NC(c1cccc2c1OCCC2)C1CCCS1. The normalized spacial score (nSPS) is 25.1. The number of hydrogen-bond acceptors (Lipinski definition) is 3. The van der Waals surface area contributed by atoms with Crippen molar-refractivity contribution >= 4 is 11.8 Å². The summed E-state index contributed by atoms with van der Waals surface area (Å²) in [4.78, 5) is 0. The summed E-state index contributed by atoms with van der Waals surface area (Å²) in [5, 5.41) is 0.576. The largest absolute Gasteiger partial charge is 0.493 e. The first-order chi connectivity index (χ1) is 8.36. The maximum absolute atomic E-state index is 6.42. The molecule has 3 heteroatoms. The lowest BCUT2D eigenvalue weighted by molar-refractivity contribution is 0.283. The Hall–Kier alpha value is -0.670. The first-order valence-corrected chi connectivity index (χ1v) is 7.53. The molecule has 0 aliphatic carbocycles. The van der Waals surface area contributed by atoms with Crippen molar-refractivity contribution in [1.82, 2.24) is 0 Å². The van der Waals surface area contributed by atoms with Crippen molar-refractivity contribution < 1.29 is 4.74 Å². The number of hydrogen-bond donors (Lipinski definition) is 1. The zero-order valence-corrected chi connectivity index (χ0v) is 10.8. The molecule has 0 saturated carbocycles. The van der Waals surface area contributed by atoms with Gasteiger partial charge >= 0.3 is 0 Å². The Morgan fingerprint density at radius 1 is 1.35 bits per heavy atom. The van der Waals surface area contributed by atoms with E-state index in [9.17, 15) is 0 Å². The summed E-state index contributed by atoms with van der Waals surface area (Å²) in [7, 11) is 0. The Morgan fingerprint density at radius 2 is 2.29 bits per heavy atom. The third-order valence-corrected chi connectivity index (χ3v) is 5.17. The highest BCUT2D eigenvalue weighted by molar-refractivity contribution is 8.00. The smallest absolute Gasteiger partial charge is 0.127 e. The molecule has 0 bridgehead atoms. The highest BCUT2D eigenvalue weighted by atomic mass is 32.2. The van der Waals surface area contributed by atoms with Crippen molar-refractivity contribution in [1.29, 1.82) is 0 Å². The van der Waals surface area contributed by atoms with Gasteiger partial charge in [0, 0.05) is 16.9 Å². The fraction of sp³-hybridized carbons (Fsp3) is 0.571. The van der Waals surface area contributed by atoms with Crippen molar-refractivity contribution in [3.8, 4) is 5.75 Å². The molecule has 2 heterocycles. The molecule has 2 aliphatic heterocycles. The van der Waals surface area contributed by atoms with E-state index in [2.05, 4.69) is 18.2 Å². The van der Waals surface area contributed by atoms with E-state index in [-0.39, 0.29) is 6.04 Å². The summed E-state index contributed by atoms with van der Waals surface area (Å²) in [6.07, 6.45) is 4.81. The topological polar surface area (TPSA) is 35.2 Å². The zero-order valence-electron chi connectivity index (χ0n) is 10.0. The minimum atomic E-state index is 0.135. The van der Waals surface area contributed by atoms with E-state index in [1.54, 1.807) is 0 Å². The van der Waals surface area contributed by atoms with E-state index in [1.165, 1.54) is 29.7 Å². The Balaban J connectivity index is 1.91.